The topological polar surface area (TPSA) is 75.7 Å². The first-order valence-corrected chi connectivity index (χ1v) is 11.0. The molecule has 2 fully saturated rings. The Balaban J connectivity index is 1.41. The molecule has 1 saturated carbocycles. The molecule has 1 aliphatic carbocycles. The van der Waals surface area contributed by atoms with Crippen LogP contribution in [-0.2, 0) is 14.8 Å². The van der Waals surface area contributed by atoms with E-state index in [0.29, 0.717) is 18.2 Å². The molecule has 6 nitrogen and oxygen atoms in total. The van der Waals surface area contributed by atoms with Crippen molar-refractivity contribution in [3.05, 3.63) is 60.2 Å². The van der Waals surface area contributed by atoms with E-state index < -0.39 is 10.0 Å². The van der Waals surface area contributed by atoms with Crippen LogP contribution in [0.15, 0.2) is 59.5 Å². The van der Waals surface area contributed by atoms with Gasteiger partial charge in [-0.05, 0) is 49.4 Å². The number of piperidine rings is 1. The van der Waals surface area contributed by atoms with Crippen molar-refractivity contribution in [3.63, 3.8) is 0 Å². The van der Waals surface area contributed by atoms with E-state index >= 15 is 0 Å². The summed E-state index contributed by atoms with van der Waals surface area (Å²) in [4.78, 5) is 14.8. The smallest absolute Gasteiger partial charge is 0.260 e. The number of amides is 1. The second-order valence-corrected chi connectivity index (χ2v) is 9.26. The molecule has 0 spiro atoms. The van der Waals surface area contributed by atoms with E-state index in [4.69, 9.17) is 4.74 Å². The molecule has 0 aromatic heterocycles. The van der Waals surface area contributed by atoms with Crippen LogP contribution in [0.1, 0.15) is 18.4 Å². The fraction of sp³-hybridized carbons (Fsp3) is 0.381. The highest BCUT2D eigenvalue weighted by molar-refractivity contribution is 7.89. The third kappa shape index (κ3) is 3.77. The molecule has 2 aromatic rings. The Morgan fingerprint density at radius 2 is 1.82 bits per heavy atom. The summed E-state index contributed by atoms with van der Waals surface area (Å²) in [5.74, 6) is 0.928. The summed E-state index contributed by atoms with van der Waals surface area (Å²) in [6.07, 6.45) is 1.59. The Kier molecular flexibility index (Phi) is 5.12. The lowest BCUT2D eigenvalue weighted by Gasteiger charge is -2.33. The zero-order chi connectivity index (χ0) is 19.7. The van der Waals surface area contributed by atoms with Crippen LogP contribution < -0.4 is 9.46 Å². The van der Waals surface area contributed by atoms with Crippen LogP contribution in [0.2, 0.25) is 0 Å². The number of carbonyl (C=O) groups excluding carboxylic acids is 1. The lowest BCUT2D eigenvalue weighted by atomic mass is 10.1. The van der Waals surface area contributed by atoms with Crippen molar-refractivity contribution < 1.29 is 17.9 Å². The normalized spacial score (nSPS) is 23.8. The van der Waals surface area contributed by atoms with Gasteiger partial charge in [0.25, 0.3) is 5.91 Å². The number of likely N-dealkylation sites (tertiary alicyclic amines) is 1. The van der Waals surface area contributed by atoms with Crippen molar-refractivity contribution in [1.82, 2.24) is 9.62 Å². The van der Waals surface area contributed by atoms with Gasteiger partial charge in [-0.1, -0.05) is 36.4 Å². The first-order chi connectivity index (χ1) is 13.4. The number of nitrogens with zero attached hydrogens (tertiary/aromatic N) is 1. The van der Waals surface area contributed by atoms with Crippen LogP contribution in [0, 0.1) is 12.8 Å². The Hall–Kier alpha value is -2.38. The number of sulfonamides is 1. The predicted octanol–water partition coefficient (Wildman–Crippen LogP) is 2.34. The molecular formula is C21H24N2O4S. The minimum Gasteiger partial charge on any atom is -0.484 e. The Labute approximate surface area is 165 Å². The summed E-state index contributed by atoms with van der Waals surface area (Å²) in [7, 11) is -3.60. The number of hydrogen-bond donors (Lipinski definition) is 1. The van der Waals surface area contributed by atoms with Crippen LogP contribution in [0.25, 0.3) is 0 Å². The highest BCUT2D eigenvalue weighted by Gasteiger charge is 2.48. The Morgan fingerprint density at radius 1 is 1.11 bits per heavy atom. The van der Waals surface area contributed by atoms with Gasteiger partial charge in [0.05, 0.1) is 4.90 Å². The van der Waals surface area contributed by atoms with Gasteiger partial charge in [-0.15, -0.1) is 0 Å². The van der Waals surface area contributed by atoms with Crippen molar-refractivity contribution in [2.45, 2.75) is 36.7 Å². The number of fused-ring (bicyclic) bond motifs is 2. The van der Waals surface area contributed by atoms with E-state index in [-0.39, 0.29) is 29.5 Å². The zero-order valence-corrected chi connectivity index (χ0v) is 16.6. The van der Waals surface area contributed by atoms with Gasteiger partial charge in [-0.2, -0.15) is 0 Å². The largest absolute Gasteiger partial charge is 0.484 e. The fourth-order valence-electron chi connectivity index (χ4n) is 4.25. The number of aryl methyl sites for hydroxylation is 1. The number of hydrogen-bond acceptors (Lipinski definition) is 4. The van der Waals surface area contributed by atoms with E-state index in [0.717, 1.165) is 18.4 Å². The molecule has 1 amide bonds. The maximum Gasteiger partial charge on any atom is 0.260 e. The first-order valence-electron chi connectivity index (χ1n) is 9.49. The number of benzene rings is 2. The van der Waals surface area contributed by atoms with E-state index in [1.807, 2.05) is 31.2 Å². The molecule has 1 saturated heterocycles. The average molecular weight is 401 g/mol. The van der Waals surface area contributed by atoms with Crippen molar-refractivity contribution >= 4 is 15.9 Å². The summed E-state index contributed by atoms with van der Waals surface area (Å²) in [6, 6.07) is 15.5. The molecule has 4 rings (SSSR count). The Bertz CT molecular complexity index is 961. The number of nitrogens with one attached hydrogen (secondary N) is 1. The second-order valence-electron chi connectivity index (χ2n) is 7.55. The maximum atomic E-state index is 12.7. The van der Waals surface area contributed by atoms with E-state index in [2.05, 4.69) is 4.72 Å². The standard InChI is InChI=1S/C21H24N2O4S/c1-15-7-5-6-10-20(15)27-14-21(24)23-13-16-11-18(19(23)12-16)22-28(25,26)17-8-3-2-4-9-17/h2-10,16,18-19,22H,11-14H2,1H3/t16-,18+,19-/m1/s1. The third-order valence-electron chi connectivity index (χ3n) is 5.61. The monoisotopic (exact) mass is 400 g/mol. The van der Waals surface area contributed by atoms with Gasteiger partial charge in [0.1, 0.15) is 5.75 Å². The molecule has 1 aliphatic heterocycles. The molecule has 28 heavy (non-hydrogen) atoms. The number of rotatable bonds is 6. The molecule has 2 aliphatic rings. The third-order valence-corrected chi connectivity index (χ3v) is 7.11. The maximum absolute atomic E-state index is 12.7. The first kappa shape index (κ1) is 19.0. The number of para-hydroxylation sites is 1. The van der Waals surface area contributed by atoms with E-state index in [1.165, 1.54) is 0 Å². The van der Waals surface area contributed by atoms with Crippen LogP contribution in [0.5, 0.6) is 5.75 Å². The van der Waals surface area contributed by atoms with Gasteiger partial charge in [0, 0.05) is 18.6 Å². The molecule has 0 radical (unpaired) electrons. The lowest BCUT2D eigenvalue weighted by molar-refractivity contribution is -0.135. The summed E-state index contributed by atoms with van der Waals surface area (Å²) >= 11 is 0. The fourth-order valence-corrected chi connectivity index (χ4v) is 5.55. The van der Waals surface area contributed by atoms with Crippen molar-refractivity contribution in [2.24, 2.45) is 5.92 Å². The molecule has 0 unspecified atom stereocenters. The van der Waals surface area contributed by atoms with Crippen molar-refractivity contribution in [1.29, 1.82) is 0 Å². The average Bonchev–Trinajstić information content (AvgIpc) is 3.28. The highest BCUT2D eigenvalue weighted by atomic mass is 32.2. The van der Waals surface area contributed by atoms with Gasteiger partial charge in [0.15, 0.2) is 6.61 Å². The minimum atomic E-state index is -3.60. The van der Waals surface area contributed by atoms with Crippen LogP contribution in [0.3, 0.4) is 0 Å². The summed E-state index contributed by atoms with van der Waals surface area (Å²) in [6.45, 7) is 2.57. The van der Waals surface area contributed by atoms with Gasteiger partial charge in [0.2, 0.25) is 10.0 Å². The van der Waals surface area contributed by atoms with Crippen molar-refractivity contribution in [2.75, 3.05) is 13.2 Å². The zero-order valence-electron chi connectivity index (χ0n) is 15.7. The molecule has 2 aromatic carbocycles. The molecule has 1 heterocycles. The molecule has 1 N–H and O–H groups in total. The minimum absolute atomic E-state index is 0.0355. The van der Waals surface area contributed by atoms with E-state index in [9.17, 15) is 13.2 Å². The number of carbonyl (C=O) groups is 1. The van der Waals surface area contributed by atoms with E-state index in [1.54, 1.807) is 35.2 Å². The summed E-state index contributed by atoms with van der Waals surface area (Å²) < 4.78 is 33.8. The SMILES string of the molecule is Cc1ccccc1OCC(=O)N1C[C@@H]2C[C@H](NS(=O)(=O)c3ccccc3)[C@H]1C2. The predicted molar refractivity (Wildman–Crippen MR) is 105 cm³/mol. The Morgan fingerprint density at radius 3 is 2.54 bits per heavy atom. The molecule has 2 bridgehead atoms. The van der Waals surface area contributed by atoms with Gasteiger partial charge in [-0.25, -0.2) is 13.1 Å². The van der Waals surface area contributed by atoms with Crippen molar-refractivity contribution in [3.8, 4) is 5.75 Å². The number of ether oxygens (including phenoxy) is 1. The molecule has 148 valence electrons. The molecular weight excluding hydrogens is 376 g/mol. The van der Waals surface area contributed by atoms with Crippen LogP contribution >= 0.6 is 0 Å². The van der Waals surface area contributed by atoms with Crippen LogP contribution in [0.4, 0.5) is 0 Å². The molecule has 3 atom stereocenters. The quantitative estimate of drug-likeness (QED) is 0.808. The van der Waals surface area contributed by atoms with Gasteiger partial charge >= 0.3 is 0 Å². The van der Waals surface area contributed by atoms with Gasteiger partial charge in [-0.3, -0.25) is 4.79 Å². The lowest BCUT2D eigenvalue weighted by Crippen LogP contribution is -2.52. The summed E-state index contributed by atoms with van der Waals surface area (Å²) in [5, 5.41) is 0. The second kappa shape index (κ2) is 7.56. The van der Waals surface area contributed by atoms with Crippen LogP contribution in [-0.4, -0.2) is 44.5 Å². The van der Waals surface area contributed by atoms with Gasteiger partial charge < -0.3 is 9.64 Å². The summed E-state index contributed by atoms with van der Waals surface area (Å²) in [5.41, 5.74) is 0.978. The molecule has 7 heteroatoms. The highest BCUT2D eigenvalue weighted by Crippen LogP contribution is 2.38.